The predicted octanol–water partition coefficient (Wildman–Crippen LogP) is 2.53. The first-order valence-electron chi connectivity index (χ1n) is 5.43. The lowest BCUT2D eigenvalue weighted by Crippen LogP contribution is -2.25. The van der Waals surface area contributed by atoms with Gasteiger partial charge in [-0.25, -0.2) is 0 Å². The van der Waals surface area contributed by atoms with Crippen molar-refractivity contribution >= 4 is 22.7 Å². The molecule has 2 rings (SSSR count). The third-order valence-corrected chi connectivity index (χ3v) is 4.75. The summed E-state index contributed by atoms with van der Waals surface area (Å²) in [5.74, 6) is 1.58. The first kappa shape index (κ1) is 13.4. The fraction of sp³-hybridized carbons (Fsp3) is 0.333. The van der Waals surface area contributed by atoms with E-state index in [1.54, 1.807) is 36.9 Å². The Labute approximate surface area is 114 Å². The van der Waals surface area contributed by atoms with Gasteiger partial charge in [0.05, 0.1) is 36.1 Å². The van der Waals surface area contributed by atoms with Crippen molar-refractivity contribution in [1.82, 2.24) is 0 Å². The molecule has 0 saturated heterocycles. The van der Waals surface area contributed by atoms with Crippen LogP contribution >= 0.6 is 22.7 Å². The number of thiophene rings is 2. The lowest BCUT2D eigenvalue weighted by molar-refractivity contribution is 0.397. The molecule has 0 aromatic carbocycles. The van der Waals surface area contributed by atoms with Gasteiger partial charge in [-0.1, -0.05) is 0 Å². The second kappa shape index (κ2) is 5.71. The molecule has 2 heterocycles. The van der Waals surface area contributed by atoms with Crippen molar-refractivity contribution in [2.45, 2.75) is 12.1 Å². The van der Waals surface area contributed by atoms with Crippen molar-refractivity contribution in [2.75, 3.05) is 14.2 Å². The quantitative estimate of drug-likeness (QED) is 0.885. The van der Waals surface area contributed by atoms with Gasteiger partial charge in [-0.2, -0.15) is 0 Å². The average Bonchev–Trinajstić information content (AvgIpc) is 3.04. The highest BCUT2D eigenvalue weighted by molar-refractivity contribution is 7.11. The molecular weight excluding hydrogens is 268 g/mol. The van der Waals surface area contributed by atoms with Gasteiger partial charge in [0.25, 0.3) is 0 Å². The van der Waals surface area contributed by atoms with E-state index < -0.39 is 0 Å². The van der Waals surface area contributed by atoms with Gasteiger partial charge in [-0.15, -0.1) is 22.7 Å². The monoisotopic (exact) mass is 284 g/mol. The Kier molecular flexibility index (Phi) is 4.23. The van der Waals surface area contributed by atoms with Crippen LogP contribution in [0, 0.1) is 0 Å². The first-order valence-corrected chi connectivity index (χ1v) is 7.19. The molecule has 2 atom stereocenters. The Morgan fingerprint density at radius 3 is 1.61 bits per heavy atom. The number of nitrogens with two attached hydrogens (primary N) is 2. The summed E-state index contributed by atoms with van der Waals surface area (Å²) in [6, 6.07) is 3.20. The molecule has 2 aromatic rings. The van der Waals surface area contributed by atoms with E-state index in [1.807, 2.05) is 22.9 Å². The van der Waals surface area contributed by atoms with E-state index in [-0.39, 0.29) is 12.1 Å². The molecule has 2 aromatic heterocycles. The van der Waals surface area contributed by atoms with E-state index in [2.05, 4.69) is 0 Å². The van der Waals surface area contributed by atoms with Gasteiger partial charge >= 0.3 is 0 Å². The van der Waals surface area contributed by atoms with Gasteiger partial charge in [0.15, 0.2) is 0 Å². The summed E-state index contributed by atoms with van der Waals surface area (Å²) in [6.45, 7) is 0. The Bertz CT molecular complexity index is 463. The van der Waals surface area contributed by atoms with Crippen molar-refractivity contribution in [3.8, 4) is 11.5 Å². The van der Waals surface area contributed by atoms with Crippen molar-refractivity contribution < 1.29 is 9.47 Å². The second-order valence-electron chi connectivity index (χ2n) is 3.76. The Hall–Kier alpha value is -1.08. The van der Waals surface area contributed by atoms with Crippen molar-refractivity contribution in [3.05, 3.63) is 32.6 Å². The normalized spacial score (nSPS) is 14.2. The van der Waals surface area contributed by atoms with Crippen molar-refractivity contribution in [2.24, 2.45) is 11.5 Å². The second-order valence-corrected chi connectivity index (χ2v) is 5.65. The summed E-state index contributed by atoms with van der Waals surface area (Å²) in [7, 11) is 3.27. The molecule has 0 aliphatic carbocycles. The molecule has 2 unspecified atom stereocenters. The summed E-state index contributed by atoms with van der Waals surface area (Å²) in [5, 5.41) is 3.90. The Morgan fingerprint density at radius 2 is 1.28 bits per heavy atom. The SMILES string of the molecule is COc1ccsc1C(N)C(N)c1sccc1OC. The van der Waals surface area contributed by atoms with E-state index in [0.29, 0.717) is 0 Å². The third-order valence-electron chi connectivity index (χ3n) is 2.75. The maximum Gasteiger partial charge on any atom is 0.134 e. The summed E-state index contributed by atoms with van der Waals surface area (Å²) >= 11 is 3.11. The number of methoxy groups -OCH3 is 2. The molecular formula is C12H16N2O2S2. The maximum absolute atomic E-state index is 6.23. The molecule has 4 nitrogen and oxygen atoms in total. The number of ether oxygens (including phenoxy) is 2. The van der Waals surface area contributed by atoms with Crippen LogP contribution in [0.15, 0.2) is 22.9 Å². The number of hydrogen-bond donors (Lipinski definition) is 2. The zero-order valence-electron chi connectivity index (χ0n) is 10.3. The number of hydrogen-bond acceptors (Lipinski definition) is 6. The zero-order valence-corrected chi connectivity index (χ0v) is 11.9. The summed E-state index contributed by atoms with van der Waals surface area (Å²) in [4.78, 5) is 1.92. The topological polar surface area (TPSA) is 70.5 Å². The van der Waals surface area contributed by atoms with Crippen LogP contribution in [0.25, 0.3) is 0 Å². The van der Waals surface area contributed by atoms with Crippen LogP contribution in [0.1, 0.15) is 21.8 Å². The summed E-state index contributed by atoms with van der Waals surface area (Å²) in [6.07, 6.45) is 0. The van der Waals surface area contributed by atoms with Crippen LogP contribution < -0.4 is 20.9 Å². The molecule has 0 saturated carbocycles. The van der Waals surface area contributed by atoms with Crippen LogP contribution in [0.2, 0.25) is 0 Å². The minimum absolute atomic E-state index is 0.299. The molecule has 0 bridgehead atoms. The van der Waals surface area contributed by atoms with Crippen LogP contribution in [-0.4, -0.2) is 14.2 Å². The Morgan fingerprint density at radius 1 is 0.889 bits per heavy atom. The fourth-order valence-electron chi connectivity index (χ4n) is 1.77. The van der Waals surface area contributed by atoms with Crippen LogP contribution in [0.5, 0.6) is 11.5 Å². The van der Waals surface area contributed by atoms with Gasteiger partial charge in [-0.3, -0.25) is 0 Å². The van der Waals surface area contributed by atoms with Gasteiger partial charge in [0.1, 0.15) is 11.5 Å². The highest BCUT2D eigenvalue weighted by Crippen LogP contribution is 2.39. The molecule has 0 aliphatic heterocycles. The molecule has 4 N–H and O–H groups in total. The van der Waals surface area contributed by atoms with Gasteiger partial charge in [-0.05, 0) is 22.9 Å². The highest BCUT2D eigenvalue weighted by atomic mass is 32.1. The average molecular weight is 284 g/mol. The van der Waals surface area contributed by atoms with E-state index >= 15 is 0 Å². The van der Waals surface area contributed by atoms with E-state index in [9.17, 15) is 0 Å². The molecule has 6 heteroatoms. The Balaban J connectivity index is 2.26. The third kappa shape index (κ3) is 2.37. The fourth-order valence-corrected chi connectivity index (χ4v) is 3.59. The van der Waals surface area contributed by atoms with Gasteiger partial charge < -0.3 is 20.9 Å². The molecule has 0 radical (unpaired) electrons. The molecule has 18 heavy (non-hydrogen) atoms. The highest BCUT2D eigenvalue weighted by Gasteiger charge is 2.25. The molecule has 0 spiro atoms. The van der Waals surface area contributed by atoms with Crippen LogP contribution in [0.4, 0.5) is 0 Å². The minimum atomic E-state index is -0.299. The smallest absolute Gasteiger partial charge is 0.134 e. The van der Waals surface area contributed by atoms with E-state index in [0.717, 1.165) is 21.3 Å². The largest absolute Gasteiger partial charge is 0.496 e. The van der Waals surface area contributed by atoms with E-state index in [4.69, 9.17) is 20.9 Å². The standard InChI is InChI=1S/C12H16N2O2S2/c1-15-7-3-5-17-11(7)9(13)10(14)12-8(16-2)4-6-18-12/h3-6,9-10H,13-14H2,1-2H3. The lowest BCUT2D eigenvalue weighted by Gasteiger charge is -2.19. The molecule has 0 fully saturated rings. The zero-order chi connectivity index (χ0) is 13.1. The van der Waals surface area contributed by atoms with E-state index in [1.165, 1.54) is 0 Å². The summed E-state index contributed by atoms with van der Waals surface area (Å²) < 4.78 is 10.6. The number of rotatable bonds is 5. The summed E-state index contributed by atoms with van der Waals surface area (Å²) in [5.41, 5.74) is 12.5. The molecule has 0 aliphatic rings. The van der Waals surface area contributed by atoms with Gasteiger partial charge in [0, 0.05) is 0 Å². The predicted molar refractivity (Wildman–Crippen MR) is 75.6 cm³/mol. The molecule has 0 amide bonds. The van der Waals surface area contributed by atoms with Crippen LogP contribution in [0.3, 0.4) is 0 Å². The molecule has 98 valence electrons. The van der Waals surface area contributed by atoms with Crippen molar-refractivity contribution in [1.29, 1.82) is 0 Å². The lowest BCUT2D eigenvalue weighted by atomic mass is 10.1. The minimum Gasteiger partial charge on any atom is -0.496 e. The first-order chi connectivity index (χ1) is 8.69. The van der Waals surface area contributed by atoms with Gasteiger partial charge in [0.2, 0.25) is 0 Å². The van der Waals surface area contributed by atoms with Crippen molar-refractivity contribution in [3.63, 3.8) is 0 Å². The maximum atomic E-state index is 6.23. The van der Waals surface area contributed by atoms with Crippen LogP contribution in [-0.2, 0) is 0 Å².